The Balaban J connectivity index is 2.11. The summed E-state index contributed by atoms with van der Waals surface area (Å²) in [5, 5.41) is 13.5. The number of aliphatic hydroxyl groups is 1. The second kappa shape index (κ2) is 5.86. The number of methoxy groups -OCH3 is 1. The van der Waals surface area contributed by atoms with Crippen molar-refractivity contribution in [2.75, 3.05) is 7.11 Å². The van der Waals surface area contributed by atoms with E-state index in [-0.39, 0.29) is 0 Å². The third-order valence-corrected chi connectivity index (χ3v) is 3.01. The van der Waals surface area contributed by atoms with Gasteiger partial charge >= 0.3 is 5.97 Å². The lowest BCUT2D eigenvalue weighted by Gasteiger charge is -2.18. The van der Waals surface area contributed by atoms with Gasteiger partial charge < -0.3 is 14.3 Å². The Labute approximate surface area is 111 Å². The number of rotatable bonds is 5. The van der Waals surface area contributed by atoms with Gasteiger partial charge in [0.25, 0.3) is 0 Å². The van der Waals surface area contributed by atoms with Crippen LogP contribution >= 0.6 is 0 Å². The topological polar surface area (TPSA) is 71.7 Å². The number of hydrogen-bond acceptors (Lipinski definition) is 5. The molecule has 0 amide bonds. The first-order chi connectivity index (χ1) is 9.13. The average molecular weight is 263 g/mol. The summed E-state index contributed by atoms with van der Waals surface area (Å²) in [5.74, 6) is -0.484. The highest BCUT2D eigenvalue weighted by Gasteiger charge is 2.24. The maximum atomic E-state index is 11.5. The lowest BCUT2D eigenvalue weighted by Crippen LogP contribution is -2.45. The van der Waals surface area contributed by atoms with Crippen LogP contribution in [0.15, 0.2) is 34.9 Å². The number of carbonyl (C=O) groups excluding carboxylic acids is 1. The van der Waals surface area contributed by atoms with Crippen LogP contribution in [0.3, 0.4) is 0 Å². The normalized spacial score (nSPS) is 14.3. The fourth-order valence-electron chi connectivity index (χ4n) is 1.97. The van der Waals surface area contributed by atoms with Crippen LogP contribution in [0, 0.1) is 0 Å². The zero-order valence-corrected chi connectivity index (χ0v) is 10.9. The summed E-state index contributed by atoms with van der Waals surface area (Å²) in [5.41, 5.74) is 1.73. The molecule has 2 N–H and O–H groups in total. The van der Waals surface area contributed by atoms with Crippen molar-refractivity contribution in [1.29, 1.82) is 0 Å². The third-order valence-electron chi connectivity index (χ3n) is 3.01. The van der Waals surface area contributed by atoms with Crippen LogP contribution in [0.1, 0.15) is 12.5 Å². The number of furan rings is 1. The van der Waals surface area contributed by atoms with Gasteiger partial charge in [-0.2, -0.15) is 0 Å². The predicted octanol–water partition coefficient (Wildman–Crippen LogP) is 1.44. The molecule has 5 nitrogen and oxygen atoms in total. The van der Waals surface area contributed by atoms with E-state index in [1.807, 2.05) is 24.3 Å². The maximum Gasteiger partial charge on any atom is 0.325 e. The van der Waals surface area contributed by atoms with Crippen molar-refractivity contribution in [1.82, 2.24) is 5.32 Å². The molecule has 5 heteroatoms. The molecule has 0 radical (unpaired) electrons. The Kier molecular flexibility index (Phi) is 4.19. The minimum absolute atomic E-state index is 0.418. The van der Waals surface area contributed by atoms with Crippen molar-refractivity contribution >= 4 is 16.9 Å². The Morgan fingerprint density at radius 2 is 2.21 bits per heavy atom. The zero-order chi connectivity index (χ0) is 13.8. The molecule has 0 aliphatic rings. The molecule has 0 saturated carbocycles. The fraction of sp³-hybridized carbons (Fsp3) is 0.357. The Hall–Kier alpha value is -1.85. The van der Waals surface area contributed by atoms with Gasteiger partial charge in [0.1, 0.15) is 11.6 Å². The van der Waals surface area contributed by atoms with Crippen LogP contribution < -0.4 is 5.32 Å². The molecule has 1 heterocycles. The molecule has 1 aromatic carbocycles. The summed E-state index contributed by atoms with van der Waals surface area (Å²) in [7, 11) is 1.30. The molecule has 2 atom stereocenters. The van der Waals surface area contributed by atoms with Crippen LogP contribution in [0.5, 0.6) is 0 Å². The van der Waals surface area contributed by atoms with E-state index in [2.05, 4.69) is 10.1 Å². The summed E-state index contributed by atoms with van der Waals surface area (Å²) >= 11 is 0. The quantitative estimate of drug-likeness (QED) is 0.799. The smallest absolute Gasteiger partial charge is 0.325 e. The van der Waals surface area contributed by atoms with Gasteiger partial charge in [0.15, 0.2) is 0 Å². The van der Waals surface area contributed by atoms with Gasteiger partial charge in [0.05, 0.1) is 19.5 Å². The number of benzene rings is 1. The van der Waals surface area contributed by atoms with E-state index in [0.717, 1.165) is 16.5 Å². The number of carbonyl (C=O) groups is 1. The second-order valence-electron chi connectivity index (χ2n) is 4.38. The molecule has 0 fully saturated rings. The summed E-state index contributed by atoms with van der Waals surface area (Å²) in [6.07, 6.45) is 0.819. The number of ether oxygens (including phenoxy) is 1. The maximum absolute atomic E-state index is 11.5. The number of esters is 1. The largest absolute Gasteiger partial charge is 0.468 e. The molecule has 0 saturated heterocycles. The first-order valence-electron chi connectivity index (χ1n) is 6.08. The molecule has 19 heavy (non-hydrogen) atoms. The van der Waals surface area contributed by atoms with Crippen molar-refractivity contribution in [2.24, 2.45) is 0 Å². The van der Waals surface area contributed by atoms with Crippen LogP contribution in [0.2, 0.25) is 0 Å². The van der Waals surface area contributed by atoms with Gasteiger partial charge in [-0.15, -0.1) is 0 Å². The van der Waals surface area contributed by atoms with Gasteiger partial charge in [-0.25, -0.2) is 0 Å². The fourth-order valence-corrected chi connectivity index (χ4v) is 1.97. The number of aliphatic hydroxyl groups excluding tert-OH is 1. The highest BCUT2D eigenvalue weighted by molar-refractivity contribution is 5.81. The SMILES string of the molecule is COC(=O)C(NCc1coc2ccccc12)C(C)O. The van der Waals surface area contributed by atoms with E-state index in [9.17, 15) is 9.90 Å². The minimum atomic E-state index is -0.828. The lowest BCUT2D eigenvalue weighted by atomic mass is 10.1. The van der Waals surface area contributed by atoms with E-state index in [4.69, 9.17) is 4.42 Å². The molecule has 0 aliphatic carbocycles. The third kappa shape index (κ3) is 2.94. The van der Waals surface area contributed by atoms with Crippen molar-refractivity contribution in [3.63, 3.8) is 0 Å². The summed E-state index contributed by atoms with van der Waals surface area (Å²) in [4.78, 5) is 11.5. The van der Waals surface area contributed by atoms with Gasteiger partial charge in [-0.1, -0.05) is 18.2 Å². The van der Waals surface area contributed by atoms with E-state index in [1.54, 1.807) is 13.2 Å². The molecule has 2 aromatic rings. The van der Waals surface area contributed by atoms with Crippen molar-refractivity contribution in [3.05, 3.63) is 36.1 Å². The highest BCUT2D eigenvalue weighted by atomic mass is 16.5. The summed E-state index contributed by atoms with van der Waals surface area (Å²) in [6.45, 7) is 1.96. The second-order valence-corrected chi connectivity index (χ2v) is 4.38. The average Bonchev–Trinajstić information content (AvgIpc) is 2.82. The van der Waals surface area contributed by atoms with E-state index in [1.165, 1.54) is 7.11 Å². The van der Waals surface area contributed by atoms with Crippen LogP contribution in [-0.2, 0) is 16.1 Å². The number of fused-ring (bicyclic) bond motifs is 1. The summed E-state index contributed by atoms with van der Waals surface area (Å²) in [6, 6.07) is 6.90. The number of nitrogens with one attached hydrogen (secondary N) is 1. The predicted molar refractivity (Wildman–Crippen MR) is 70.5 cm³/mol. The molecule has 1 aromatic heterocycles. The van der Waals surface area contributed by atoms with Gasteiger partial charge in [0, 0.05) is 17.5 Å². The van der Waals surface area contributed by atoms with Crippen LogP contribution in [-0.4, -0.2) is 30.3 Å². The van der Waals surface area contributed by atoms with Crippen LogP contribution in [0.4, 0.5) is 0 Å². The molecule has 0 aliphatic heterocycles. The molecular weight excluding hydrogens is 246 g/mol. The molecule has 102 valence electrons. The summed E-state index contributed by atoms with van der Waals surface area (Å²) < 4.78 is 10.1. The van der Waals surface area contributed by atoms with Gasteiger partial charge in [-0.3, -0.25) is 10.1 Å². The van der Waals surface area contributed by atoms with E-state index in [0.29, 0.717) is 6.54 Å². The number of hydrogen-bond donors (Lipinski definition) is 2. The van der Waals surface area contributed by atoms with Gasteiger partial charge in [0.2, 0.25) is 0 Å². The molecule has 2 unspecified atom stereocenters. The Morgan fingerprint density at radius 3 is 2.89 bits per heavy atom. The Bertz CT molecular complexity index is 561. The van der Waals surface area contributed by atoms with Crippen LogP contribution in [0.25, 0.3) is 11.0 Å². The zero-order valence-electron chi connectivity index (χ0n) is 10.9. The lowest BCUT2D eigenvalue weighted by molar-refractivity contribution is -0.145. The standard InChI is InChI=1S/C14H17NO4/c1-9(16)13(14(17)18-2)15-7-10-8-19-12-6-4-3-5-11(10)12/h3-6,8-9,13,15-16H,7H2,1-2H3. The van der Waals surface area contributed by atoms with E-state index >= 15 is 0 Å². The molecule has 2 rings (SSSR count). The van der Waals surface area contributed by atoms with Gasteiger partial charge in [-0.05, 0) is 13.0 Å². The van der Waals surface area contributed by atoms with Crippen molar-refractivity contribution in [3.8, 4) is 0 Å². The van der Waals surface area contributed by atoms with E-state index < -0.39 is 18.1 Å². The monoisotopic (exact) mass is 263 g/mol. The first-order valence-corrected chi connectivity index (χ1v) is 6.08. The number of para-hydroxylation sites is 1. The Morgan fingerprint density at radius 1 is 1.47 bits per heavy atom. The highest BCUT2D eigenvalue weighted by Crippen LogP contribution is 2.20. The molecular formula is C14H17NO4. The van der Waals surface area contributed by atoms with Crippen molar-refractivity contribution in [2.45, 2.75) is 25.6 Å². The minimum Gasteiger partial charge on any atom is -0.468 e. The molecule has 0 bridgehead atoms. The molecule has 0 spiro atoms. The first kappa shape index (κ1) is 13.6. The van der Waals surface area contributed by atoms with Crippen molar-refractivity contribution < 1.29 is 19.1 Å².